The number of nitrogens with two attached hydrogens (primary N) is 1. The Kier molecular flexibility index (Phi) is 5.64. The molecule has 0 aromatic heterocycles. The summed E-state index contributed by atoms with van der Waals surface area (Å²) in [5.74, 6) is 1.14. The Morgan fingerprint density at radius 2 is 2.00 bits per heavy atom. The number of rotatable bonds is 5. The maximum absolute atomic E-state index is 12.4. The number of carbonyl (C=O) groups is 1. The summed E-state index contributed by atoms with van der Waals surface area (Å²) in [4.78, 5) is 16.8. The zero-order valence-corrected chi connectivity index (χ0v) is 12.3. The van der Waals surface area contributed by atoms with Gasteiger partial charge in [0.25, 0.3) is 0 Å². The van der Waals surface area contributed by atoms with Crippen molar-refractivity contribution in [2.45, 2.75) is 38.5 Å². The van der Waals surface area contributed by atoms with Gasteiger partial charge in [0.05, 0.1) is 0 Å². The van der Waals surface area contributed by atoms with Crippen LogP contribution in [0.25, 0.3) is 0 Å². The van der Waals surface area contributed by atoms with Crippen molar-refractivity contribution >= 4 is 5.91 Å². The fourth-order valence-electron chi connectivity index (χ4n) is 3.45. The highest BCUT2D eigenvalue weighted by Gasteiger charge is 2.28. The second-order valence-corrected chi connectivity index (χ2v) is 6.27. The van der Waals surface area contributed by atoms with E-state index in [1.165, 1.54) is 32.4 Å². The summed E-state index contributed by atoms with van der Waals surface area (Å²) >= 11 is 0. The number of nitrogens with zero attached hydrogens (tertiary/aromatic N) is 2. The van der Waals surface area contributed by atoms with Crippen molar-refractivity contribution in [3.05, 3.63) is 0 Å². The normalized spacial score (nSPS) is 28.5. The number of hydrogen-bond acceptors (Lipinski definition) is 3. The van der Waals surface area contributed by atoms with Crippen LogP contribution in [-0.2, 0) is 4.79 Å². The van der Waals surface area contributed by atoms with Crippen molar-refractivity contribution in [2.24, 2.45) is 17.6 Å². The average molecular weight is 267 g/mol. The minimum absolute atomic E-state index is 0.228. The second kappa shape index (κ2) is 7.25. The summed E-state index contributed by atoms with van der Waals surface area (Å²) in [6.07, 6.45) is 7.07. The average Bonchev–Trinajstić information content (AvgIpc) is 2.97. The van der Waals surface area contributed by atoms with Gasteiger partial charge >= 0.3 is 0 Å². The maximum atomic E-state index is 12.4. The fraction of sp³-hybridized carbons (Fsp3) is 0.933. The van der Waals surface area contributed by atoms with Crippen molar-refractivity contribution in [3.63, 3.8) is 0 Å². The molecule has 4 nitrogen and oxygen atoms in total. The van der Waals surface area contributed by atoms with E-state index >= 15 is 0 Å². The Labute approximate surface area is 117 Å². The van der Waals surface area contributed by atoms with Gasteiger partial charge in [-0.25, -0.2) is 0 Å². The van der Waals surface area contributed by atoms with Crippen molar-refractivity contribution in [3.8, 4) is 0 Å². The van der Waals surface area contributed by atoms with Gasteiger partial charge < -0.3 is 15.5 Å². The zero-order valence-electron chi connectivity index (χ0n) is 12.3. The Morgan fingerprint density at radius 3 is 2.68 bits per heavy atom. The predicted octanol–water partition coefficient (Wildman–Crippen LogP) is 1.31. The van der Waals surface area contributed by atoms with Crippen LogP contribution < -0.4 is 5.73 Å². The molecule has 2 unspecified atom stereocenters. The van der Waals surface area contributed by atoms with Crippen LogP contribution in [0.4, 0.5) is 0 Å². The molecule has 4 heteroatoms. The van der Waals surface area contributed by atoms with Gasteiger partial charge in [0.2, 0.25) is 5.91 Å². The molecule has 2 N–H and O–H groups in total. The van der Waals surface area contributed by atoms with Crippen LogP contribution >= 0.6 is 0 Å². The third kappa shape index (κ3) is 4.18. The molecule has 2 rings (SSSR count). The highest BCUT2D eigenvalue weighted by atomic mass is 16.2. The lowest BCUT2D eigenvalue weighted by Crippen LogP contribution is -2.40. The van der Waals surface area contributed by atoms with E-state index in [-0.39, 0.29) is 5.92 Å². The molecule has 19 heavy (non-hydrogen) atoms. The third-order valence-corrected chi connectivity index (χ3v) is 4.79. The van der Waals surface area contributed by atoms with Gasteiger partial charge in [0.15, 0.2) is 0 Å². The van der Waals surface area contributed by atoms with Gasteiger partial charge in [0, 0.05) is 26.1 Å². The Morgan fingerprint density at radius 1 is 1.26 bits per heavy atom. The molecule has 110 valence electrons. The first-order valence-corrected chi connectivity index (χ1v) is 7.88. The molecule has 1 heterocycles. The van der Waals surface area contributed by atoms with Crippen LogP contribution in [0, 0.1) is 11.8 Å². The van der Waals surface area contributed by atoms with Crippen molar-refractivity contribution in [2.75, 3.05) is 39.8 Å². The van der Waals surface area contributed by atoms with Gasteiger partial charge in [0.1, 0.15) is 0 Å². The smallest absolute Gasteiger partial charge is 0.225 e. The van der Waals surface area contributed by atoms with Crippen molar-refractivity contribution in [1.29, 1.82) is 0 Å². The molecule has 1 aliphatic carbocycles. The minimum Gasteiger partial charge on any atom is -0.344 e. The molecular weight excluding hydrogens is 238 g/mol. The molecule has 0 aromatic carbocycles. The van der Waals surface area contributed by atoms with E-state index in [1.54, 1.807) is 0 Å². The molecule has 1 aliphatic heterocycles. The molecule has 1 saturated heterocycles. The number of hydrogen-bond donors (Lipinski definition) is 1. The number of likely N-dealkylation sites (N-methyl/N-ethyl adjacent to an activating group) is 1. The van der Waals surface area contributed by atoms with Gasteiger partial charge in [-0.1, -0.05) is 6.42 Å². The summed E-state index contributed by atoms with van der Waals surface area (Å²) in [5.41, 5.74) is 5.75. The van der Waals surface area contributed by atoms with Gasteiger partial charge in [-0.2, -0.15) is 0 Å². The largest absolute Gasteiger partial charge is 0.344 e. The summed E-state index contributed by atoms with van der Waals surface area (Å²) < 4.78 is 0. The Bertz CT molecular complexity index is 289. The lowest BCUT2D eigenvalue weighted by Gasteiger charge is -2.31. The molecule has 2 fully saturated rings. The Hall–Kier alpha value is -0.610. The standard InChI is InChI=1S/C15H29N3O/c1-17(9-10-18-7-2-3-8-18)15(19)14-6-4-5-13(11-14)12-16/h13-14H,2-12,16H2,1H3. The van der Waals surface area contributed by atoms with Crippen LogP contribution in [0.1, 0.15) is 38.5 Å². The van der Waals surface area contributed by atoms with Gasteiger partial charge in [-0.15, -0.1) is 0 Å². The van der Waals surface area contributed by atoms with Gasteiger partial charge in [-0.05, 0) is 57.7 Å². The molecule has 1 amide bonds. The van der Waals surface area contributed by atoms with Crippen molar-refractivity contribution < 1.29 is 4.79 Å². The lowest BCUT2D eigenvalue weighted by molar-refractivity contribution is -0.135. The fourth-order valence-corrected chi connectivity index (χ4v) is 3.45. The molecule has 0 bridgehead atoms. The topological polar surface area (TPSA) is 49.6 Å². The predicted molar refractivity (Wildman–Crippen MR) is 77.8 cm³/mol. The van der Waals surface area contributed by atoms with Crippen LogP contribution in [0.5, 0.6) is 0 Å². The first kappa shape index (κ1) is 14.8. The van der Waals surface area contributed by atoms with Gasteiger partial charge in [-0.3, -0.25) is 4.79 Å². The first-order valence-electron chi connectivity index (χ1n) is 7.88. The van der Waals surface area contributed by atoms with Crippen LogP contribution in [0.15, 0.2) is 0 Å². The summed E-state index contributed by atoms with van der Waals surface area (Å²) in [6.45, 7) is 5.07. The van der Waals surface area contributed by atoms with Crippen LogP contribution in [-0.4, -0.2) is 55.5 Å². The van der Waals surface area contributed by atoms with E-state index in [4.69, 9.17) is 5.73 Å². The van der Waals surface area contributed by atoms with E-state index in [0.717, 1.165) is 38.9 Å². The van der Waals surface area contributed by atoms with Crippen LogP contribution in [0.3, 0.4) is 0 Å². The number of carbonyl (C=O) groups excluding carboxylic acids is 1. The first-order chi connectivity index (χ1) is 9.20. The molecule has 0 spiro atoms. The SMILES string of the molecule is CN(CCN1CCCC1)C(=O)C1CCCC(CN)C1. The summed E-state index contributed by atoms with van der Waals surface area (Å²) in [6, 6.07) is 0. The zero-order chi connectivity index (χ0) is 13.7. The minimum atomic E-state index is 0.228. The molecule has 2 atom stereocenters. The highest BCUT2D eigenvalue weighted by Crippen LogP contribution is 2.29. The molecular formula is C15H29N3O. The lowest BCUT2D eigenvalue weighted by atomic mass is 9.81. The van der Waals surface area contributed by atoms with E-state index < -0.39 is 0 Å². The summed E-state index contributed by atoms with van der Waals surface area (Å²) in [5, 5.41) is 0. The number of likely N-dealkylation sites (tertiary alicyclic amines) is 1. The van der Waals surface area contributed by atoms with Crippen LogP contribution in [0.2, 0.25) is 0 Å². The second-order valence-electron chi connectivity index (χ2n) is 6.27. The van der Waals surface area contributed by atoms with Crippen molar-refractivity contribution in [1.82, 2.24) is 9.80 Å². The van der Waals surface area contributed by atoms with E-state index in [1.807, 2.05) is 11.9 Å². The molecule has 1 saturated carbocycles. The Balaban J connectivity index is 1.74. The highest BCUT2D eigenvalue weighted by molar-refractivity contribution is 5.78. The third-order valence-electron chi connectivity index (χ3n) is 4.79. The van der Waals surface area contributed by atoms with E-state index in [2.05, 4.69) is 4.90 Å². The summed E-state index contributed by atoms with van der Waals surface area (Å²) in [7, 11) is 1.96. The number of amides is 1. The quantitative estimate of drug-likeness (QED) is 0.817. The maximum Gasteiger partial charge on any atom is 0.225 e. The van der Waals surface area contributed by atoms with E-state index in [0.29, 0.717) is 11.8 Å². The molecule has 0 aromatic rings. The monoisotopic (exact) mass is 267 g/mol. The van der Waals surface area contributed by atoms with E-state index in [9.17, 15) is 4.79 Å². The molecule has 0 radical (unpaired) electrons. The molecule has 2 aliphatic rings.